The molecule has 2 heterocycles. The third-order valence-corrected chi connectivity index (χ3v) is 7.02. The highest BCUT2D eigenvalue weighted by atomic mass is 32.1. The summed E-state index contributed by atoms with van der Waals surface area (Å²) in [5.41, 5.74) is 2.78. The Labute approximate surface area is 169 Å². The average molecular weight is 399 g/mol. The fourth-order valence-corrected chi connectivity index (χ4v) is 5.24. The molecule has 4 rings (SSSR count). The van der Waals surface area contributed by atoms with E-state index in [0.717, 1.165) is 35.7 Å². The van der Waals surface area contributed by atoms with Crippen molar-refractivity contribution in [3.05, 3.63) is 39.6 Å². The van der Waals surface area contributed by atoms with Crippen LogP contribution in [-0.2, 0) is 17.6 Å². The number of carbonyl (C=O) groups is 2. The summed E-state index contributed by atoms with van der Waals surface area (Å²) in [5.74, 6) is 1.37. The summed E-state index contributed by atoms with van der Waals surface area (Å²) >= 11 is 1.61. The van der Waals surface area contributed by atoms with Crippen molar-refractivity contribution in [2.24, 2.45) is 5.92 Å². The molecule has 0 saturated carbocycles. The molecule has 1 N–H and O–H groups in total. The van der Waals surface area contributed by atoms with E-state index in [-0.39, 0.29) is 11.8 Å². The SMILES string of the molecule is CC[C@H]1CCc2sc(C(=O)Nc3ccc(N4CCCC4=O)c(OC)c3)cc2C1. The highest BCUT2D eigenvalue weighted by molar-refractivity contribution is 7.14. The Morgan fingerprint density at radius 2 is 2.18 bits per heavy atom. The van der Waals surface area contributed by atoms with Gasteiger partial charge in [-0.15, -0.1) is 11.3 Å². The van der Waals surface area contributed by atoms with Gasteiger partial charge in [0.05, 0.1) is 17.7 Å². The number of aryl methyl sites for hydroxylation is 1. The number of nitrogens with zero attached hydrogens (tertiary/aromatic N) is 1. The Morgan fingerprint density at radius 1 is 1.32 bits per heavy atom. The van der Waals surface area contributed by atoms with E-state index in [1.165, 1.54) is 23.3 Å². The van der Waals surface area contributed by atoms with Crippen LogP contribution in [0.15, 0.2) is 24.3 Å². The number of amides is 2. The van der Waals surface area contributed by atoms with Crippen molar-refractivity contribution in [1.82, 2.24) is 0 Å². The van der Waals surface area contributed by atoms with Crippen LogP contribution in [0.2, 0.25) is 0 Å². The minimum atomic E-state index is -0.0838. The average Bonchev–Trinajstić information content (AvgIpc) is 3.33. The number of thiophene rings is 1. The standard InChI is InChI=1S/C22H26N2O3S/c1-3-14-6-9-19-15(11-14)12-20(28-19)22(26)23-16-7-8-17(18(13-16)27-2)24-10-4-5-21(24)25/h7-8,12-14H,3-6,9-11H2,1-2H3,(H,23,26)/t14-/m0/s1. The van der Waals surface area contributed by atoms with Crippen molar-refractivity contribution in [2.45, 2.75) is 45.4 Å². The van der Waals surface area contributed by atoms with E-state index in [4.69, 9.17) is 4.74 Å². The molecule has 0 bridgehead atoms. The number of carbonyl (C=O) groups excluding carboxylic acids is 2. The molecule has 1 aromatic heterocycles. The fraction of sp³-hybridized carbons (Fsp3) is 0.455. The predicted molar refractivity (Wildman–Crippen MR) is 113 cm³/mol. The van der Waals surface area contributed by atoms with Gasteiger partial charge in [0.25, 0.3) is 5.91 Å². The number of hydrogen-bond donors (Lipinski definition) is 1. The molecule has 1 fully saturated rings. The first-order chi connectivity index (χ1) is 13.6. The molecule has 28 heavy (non-hydrogen) atoms. The molecule has 1 aliphatic carbocycles. The Hall–Kier alpha value is -2.34. The lowest BCUT2D eigenvalue weighted by molar-refractivity contribution is -0.117. The Morgan fingerprint density at radius 3 is 2.89 bits per heavy atom. The number of nitrogens with one attached hydrogen (secondary N) is 1. The third-order valence-electron chi connectivity index (χ3n) is 5.79. The van der Waals surface area contributed by atoms with Crippen molar-refractivity contribution >= 4 is 34.5 Å². The van der Waals surface area contributed by atoms with Gasteiger partial charge in [-0.25, -0.2) is 0 Å². The summed E-state index contributed by atoms with van der Waals surface area (Å²) in [6, 6.07) is 7.54. The van der Waals surface area contributed by atoms with Crippen LogP contribution in [0, 0.1) is 5.92 Å². The summed E-state index contributed by atoms with van der Waals surface area (Å²) in [5, 5.41) is 2.98. The Balaban J connectivity index is 1.50. The number of fused-ring (bicyclic) bond motifs is 1. The predicted octanol–water partition coefficient (Wildman–Crippen LogP) is 4.65. The summed E-state index contributed by atoms with van der Waals surface area (Å²) in [6.45, 7) is 2.95. The van der Waals surface area contributed by atoms with Crippen LogP contribution in [0.4, 0.5) is 11.4 Å². The molecule has 1 atom stereocenters. The van der Waals surface area contributed by atoms with Crippen LogP contribution in [-0.4, -0.2) is 25.5 Å². The summed E-state index contributed by atoms with van der Waals surface area (Å²) in [7, 11) is 1.59. The lowest BCUT2D eigenvalue weighted by atomic mass is 9.87. The van der Waals surface area contributed by atoms with Crippen molar-refractivity contribution in [3.8, 4) is 5.75 Å². The van der Waals surface area contributed by atoms with Gasteiger partial charge >= 0.3 is 0 Å². The monoisotopic (exact) mass is 398 g/mol. The zero-order chi connectivity index (χ0) is 19.7. The molecule has 6 heteroatoms. The van der Waals surface area contributed by atoms with E-state index < -0.39 is 0 Å². The van der Waals surface area contributed by atoms with Gasteiger partial charge in [0.2, 0.25) is 5.91 Å². The van der Waals surface area contributed by atoms with Crippen molar-refractivity contribution < 1.29 is 14.3 Å². The van der Waals surface area contributed by atoms with Crippen molar-refractivity contribution in [2.75, 3.05) is 23.9 Å². The summed E-state index contributed by atoms with van der Waals surface area (Å²) < 4.78 is 5.48. The molecule has 0 unspecified atom stereocenters. The number of anilines is 2. The number of benzene rings is 1. The smallest absolute Gasteiger partial charge is 0.265 e. The van der Waals surface area contributed by atoms with Gasteiger partial charge in [0, 0.05) is 29.6 Å². The molecule has 1 saturated heterocycles. The quantitative estimate of drug-likeness (QED) is 0.797. The van der Waals surface area contributed by atoms with Gasteiger partial charge in [-0.05, 0) is 55.4 Å². The van der Waals surface area contributed by atoms with Crippen molar-refractivity contribution in [3.63, 3.8) is 0 Å². The fourth-order valence-electron chi connectivity index (χ4n) is 4.13. The van der Waals surface area contributed by atoms with Crippen LogP contribution in [0.1, 0.15) is 52.7 Å². The topological polar surface area (TPSA) is 58.6 Å². The molecule has 2 amide bonds. The lowest BCUT2D eigenvalue weighted by Crippen LogP contribution is -2.24. The zero-order valence-electron chi connectivity index (χ0n) is 16.4. The lowest BCUT2D eigenvalue weighted by Gasteiger charge is -2.19. The van der Waals surface area contributed by atoms with E-state index in [0.29, 0.717) is 24.4 Å². The molecule has 148 valence electrons. The van der Waals surface area contributed by atoms with Crippen LogP contribution in [0.25, 0.3) is 0 Å². The van der Waals surface area contributed by atoms with Gasteiger partial charge in [0.15, 0.2) is 0 Å². The molecule has 1 aromatic carbocycles. The van der Waals surface area contributed by atoms with Crippen LogP contribution in [0.3, 0.4) is 0 Å². The van der Waals surface area contributed by atoms with E-state index in [2.05, 4.69) is 18.3 Å². The Bertz CT molecular complexity index is 905. The van der Waals surface area contributed by atoms with E-state index >= 15 is 0 Å². The maximum Gasteiger partial charge on any atom is 0.265 e. The van der Waals surface area contributed by atoms with Gasteiger partial charge in [0.1, 0.15) is 5.75 Å². The van der Waals surface area contributed by atoms with Crippen LogP contribution in [0.5, 0.6) is 5.75 Å². The highest BCUT2D eigenvalue weighted by Gasteiger charge is 2.25. The maximum absolute atomic E-state index is 12.8. The Kier molecular flexibility index (Phi) is 5.40. The van der Waals surface area contributed by atoms with E-state index in [1.807, 2.05) is 12.1 Å². The van der Waals surface area contributed by atoms with Gasteiger partial charge in [-0.3, -0.25) is 9.59 Å². The summed E-state index contributed by atoms with van der Waals surface area (Å²) in [6.07, 6.45) is 6.02. The minimum Gasteiger partial charge on any atom is -0.494 e. The molecule has 0 spiro atoms. The molecule has 2 aromatic rings. The second kappa shape index (κ2) is 7.95. The molecule has 0 radical (unpaired) electrons. The maximum atomic E-state index is 12.8. The second-order valence-electron chi connectivity index (χ2n) is 7.57. The number of ether oxygens (including phenoxy) is 1. The molecule has 2 aliphatic rings. The number of rotatable bonds is 5. The molecule has 1 aliphatic heterocycles. The van der Waals surface area contributed by atoms with Crippen LogP contribution >= 0.6 is 11.3 Å². The third kappa shape index (κ3) is 3.65. The van der Waals surface area contributed by atoms with E-state index in [1.54, 1.807) is 29.4 Å². The largest absolute Gasteiger partial charge is 0.494 e. The molecular weight excluding hydrogens is 372 g/mol. The first-order valence-electron chi connectivity index (χ1n) is 10.0. The second-order valence-corrected chi connectivity index (χ2v) is 8.70. The van der Waals surface area contributed by atoms with Crippen molar-refractivity contribution in [1.29, 1.82) is 0 Å². The molecule has 5 nitrogen and oxygen atoms in total. The number of methoxy groups -OCH3 is 1. The first kappa shape index (κ1) is 19.0. The zero-order valence-corrected chi connectivity index (χ0v) is 17.2. The number of hydrogen-bond acceptors (Lipinski definition) is 4. The normalized spacial score (nSPS) is 18.9. The minimum absolute atomic E-state index is 0.0838. The summed E-state index contributed by atoms with van der Waals surface area (Å²) in [4.78, 5) is 28.7. The van der Waals surface area contributed by atoms with Gasteiger partial charge < -0.3 is 15.0 Å². The van der Waals surface area contributed by atoms with Gasteiger partial charge in [-0.1, -0.05) is 13.3 Å². The highest BCUT2D eigenvalue weighted by Crippen LogP contribution is 2.36. The first-order valence-corrected chi connectivity index (χ1v) is 10.8. The van der Waals surface area contributed by atoms with Crippen LogP contribution < -0.4 is 15.0 Å². The molecular formula is C22H26N2O3S. The van der Waals surface area contributed by atoms with E-state index in [9.17, 15) is 9.59 Å². The van der Waals surface area contributed by atoms with Gasteiger partial charge in [-0.2, -0.15) is 0 Å².